The van der Waals surface area contributed by atoms with E-state index < -0.39 is 17.9 Å². The highest BCUT2D eigenvalue weighted by molar-refractivity contribution is 5.95. The Balaban J connectivity index is 3.72. The lowest BCUT2D eigenvalue weighted by molar-refractivity contribution is -0.137. The standard InChI is InChI=1S/C10H19N3O4/c1-3-11-10(17)12-8(14)7-13(2)6-4-5-9(15)16/h3-7H2,1-2H3,(H,15,16)(H2,11,12,14,17). The second-order valence-electron chi connectivity index (χ2n) is 3.64. The Morgan fingerprint density at radius 1 is 1.29 bits per heavy atom. The summed E-state index contributed by atoms with van der Waals surface area (Å²) in [5.74, 6) is -1.26. The van der Waals surface area contributed by atoms with Crippen LogP contribution in [0.5, 0.6) is 0 Å². The van der Waals surface area contributed by atoms with E-state index in [1.165, 1.54) is 0 Å². The minimum absolute atomic E-state index is 0.0662. The van der Waals surface area contributed by atoms with E-state index in [-0.39, 0.29) is 13.0 Å². The van der Waals surface area contributed by atoms with E-state index in [1.54, 1.807) is 18.9 Å². The van der Waals surface area contributed by atoms with Crippen LogP contribution in [0.3, 0.4) is 0 Å². The van der Waals surface area contributed by atoms with Crippen LogP contribution in [-0.4, -0.2) is 54.6 Å². The molecule has 7 nitrogen and oxygen atoms in total. The molecule has 0 aromatic heterocycles. The zero-order chi connectivity index (χ0) is 13.3. The third-order valence-corrected chi connectivity index (χ3v) is 1.93. The minimum Gasteiger partial charge on any atom is -0.481 e. The number of carbonyl (C=O) groups is 3. The number of rotatable bonds is 7. The highest BCUT2D eigenvalue weighted by Gasteiger charge is 2.09. The summed E-state index contributed by atoms with van der Waals surface area (Å²) in [6, 6.07) is -0.517. The van der Waals surface area contributed by atoms with Gasteiger partial charge >= 0.3 is 12.0 Å². The van der Waals surface area contributed by atoms with Gasteiger partial charge in [0, 0.05) is 13.0 Å². The molecule has 0 heterocycles. The quantitative estimate of drug-likeness (QED) is 0.568. The molecule has 0 saturated carbocycles. The van der Waals surface area contributed by atoms with Crippen LogP contribution in [-0.2, 0) is 9.59 Å². The number of carbonyl (C=O) groups excluding carboxylic acids is 2. The largest absolute Gasteiger partial charge is 0.481 e. The molecular weight excluding hydrogens is 226 g/mol. The second-order valence-corrected chi connectivity index (χ2v) is 3.64. The van der Waals surface area contributed by atoms with Gasteiger partial charge in [-0.3, -0.25) is 19.8 Å². The zero-order valence-electron chi connectivity index (χ0n) is 10.2. The van der Waals surface area contributed by atoms with Gasteiger partial charge in [-0.2, -0.15) is 0 Å². The molecule has 0 atom stereocenters. The SMILES string of the molecule is CCNC(=O)NC(=O)CN(C)CCCC(=O)O. The number of urea groups is 1. The Bertz CT molecular complexity index is 281. The maximum atomic E-state index is 11.3. The normalized spacial score (nSPS) is 10.1. The van der Waals surface area contributed by atoms with Gasteiger partial charge in [0.1, 0.15) is 0 Å². The molecule has 0 unspecified atom stereocenters. The van der Waals surface area contributed by atoms with Crippen molar-refractivity contribution in [2.75, 3.05) is 26.7 Å². The molecule has 0 aliphatic rings. The van der Waals surface area contributed by atoms with E-state index in [1.807, 2.05) is 0 Å². The molecule has 0 saturated heterocycles. The van der Waals surface area contributed by atoms with E-state index in [9.17, 15) is 14.4 Å². The monoisotopic (exact) mass is 245 g/mol. The van der Waals surface area contributed by atoms with Crippen molar-refractivity contribution in [1.29, 1.82) is 0 Å². The lowest BCUT2D eigenvalue weighted by Crippen LogP contribution is -2.43. The van der Waals surface area contributed by atoms with Gasteiger partial charge < -0.3 is 10.4 Å². The first-order valence-corrected chi connectivity index (χ1v) is 5.43. The number of likely N-dealkylation sites (N-methyl/N-ethyl adjacent to an activating group) is 1. The summed E-state index contributed by atoms with van der Waals surface area (Å²) in [4.78, 5) is 34.2. The molecule has 0 spiro atoms. The molecule has 0 aromatic carbocycles. The maximum absolute atomic E-state index is 11.3. The molecular formula is C10H19N3O4. The van der Waals surface area contributed by atoms with Crippen molar-refractivity contribution in [3.05, 3.63) is 0 Å². The smallest absolute Gasteiger partial charge is 0.321 e. The van der Waals surface area contributed by atoms with Crippen molar-refractivity contribution in [1.82, 2.24) is 15.5 Å². The van der Waals surface area contributed by atoms with Gasteiger partial charge in [-0.15, -0.1) is 0 Å². The fraction of sp³-hybridized carbons (Fsp3) is 0.700. The maximum Gasteiger partial charge on any atom is 0.321 e. The fourth-order valence-electron chi connectivity index (χ4n) is 1.20. The number of imide groups is 1. The fourth-order valence-corrected chi connectivity index (χ4v) is 1.20. The average Bonchev–Trinajstić information content (AvgIpc) is 2.16. The van der Waals surface area contributed by atoms with Crippen LogP contribution in [0, 0.1) is 0 Å². The van der Waals surface area contributed by atoms with Crippen LogP contribution in [0.15, 0.2) is 0 Å². The van der Waals surface area contributed by atoms with Crippen molar-refractivity contribution in [2.24, 2.45) is 0 Å². The third-order valence-electron chi connectivity index (χ3n) is 1.93. The topological polar surface area (TPSA) is 98.7 Å². The molecule has 0 aromatic rings. The summed E-state index contributed by atoms with van der Waals surface area (Å²) in [6.07, 6.45) is 0.544. The van der Waals surface area contributed by atoms with Crippen molar-refractivity contribution in [2.45, 2.75) is 19.8 Å². The van der Waals surface area contributed by atoms with Gasteiger partial charge in [-0.1, -0.05) is 0 Å². The number of hydrogen-bond donors (Lipinski definition) is 3. The van der Waals surface area contributed by atoms with Gasteiger partial charge in [-0.25, -0.2) is 4.79 Å². The van der Waals surface area contributed by atoms with Crippen LogP contribution < -0.4 is 10.6 Å². The predicted octanol–water partition coefficient (Wildman–Crippen LogP) is -0.371. The number of aliphatic carboxylic acids is 1. The zero-order valence-corrected chi connectivity index (χ0v) is 10.2. The Kier molecular flexibility index (Phi) is 7.70. The molecule has 3 N–H and O–H groups in total. The molecule has 0 aliphatic heterocycles. The summed E-state index contributed by atoms with van der Waals surface area (Å²) in [7, 11) is 1.69. The molecule has 0 rings (SSSR count). The molecule has 0 aliphatic carbocycles. The first kappa shape index (κ1) is 15.4. The number of carboxylic acid groups (broad SMARTS) is 1. The van der Waals surface area contributed by atoms with Gasteiger partial charge in [0.2, 0.25) is 5.91 Å². The van der Waals surface area contributed by atoms with E-state index in [2.05, 4.69) is 10.6 Å². The molecule has 98 valence electrons. The van der Waals surface area contributed by atoms with Crippen molar-refractivity contribution < 1.29 is 19.5 Å². The van der Waals surface area contributed by atoms with Gasteiger partial charge in [0.15, 0.2) is 0 Å². The summed E-state index contributed by atoms with van der Waals surface area (Å²) >= 11 is 0. The van der Waals surface area contributed by atoms with Gasteiger partial charge in [-0.05, 0) is 26.9 Å². The lowest BCUT2D eigenvalue weighted by Gasteiger charge is -2.15. The van der Waals surface area contributed by atoms with E-state index in [0.29, 0.717) is 19.5 Å². The van der Waals surface area contributed by atoms with E-state index >= 15 is 0 Å². The lowest BCUT2D eigenvalue weighted by atomic mass is 10.3. The number of carboxylic acids is 1. The summed E-state index contributed by atoms with van der Waals surface area (Å²) in [5.41, 5.74) is 0. The summed E-state index contributed by atoms with van der Waals surface area (Å²) in [6.45, 7) is 2.77. The molecule has 3 amide bonds. The Morgan fingerprint density at radius 2 is 1.94 bits per heavy atom. The highest BCUT2D eigenvalue weighted by atomic mass is 16.4. The van der Waals surface area contributed by atoms with Gasteiger partial charge in [0.05, 0.1) is 6.54 Å². The Hall–Kier alpha value is -1.63. The van der Waals surface area contributed by atoms with Crippen LogP contribution in [0.4, 0.5) is 4.79 Å². The molecule has 7 heteroatoms. The first-order chi connectivity index (χ1) is 7.95. The third kappa shape index (κ3) is 9.31. The summed E-state index contributed by atoms with van der Waals surface area (Å²) in [5, 5.41) is 13.0. The average molecular weight is 245 g/mol. The first-order valence-electron chi connectivity index (χ1n) is 5.43. The molecule has 0 radical (unpaired) electrons. The van der Waals surface area contributed by atoms with Crippen LogP contribution in [0.2, 0.25) is 0 Å². The second kappa shape index (κ2) is 8.51. The number of nitrogens with zero attached hydrogens (tertiary/aromatic N) is 1. The summed E-state index contributed by atoms with van der Waals surface area (Å²) < 4.78 is 0. The van der Waals surface area contributed by atoms with Crippen LogP contribution >= 0.6 is 0 Å². The Labute approximate surface area is 100 Å². The van der Waals surface area contributed by atoms with E-state index in [4.69, 9.17) is 5.11 Å². The van der Waals surface area contributed by atoms with Crippen molar-refractivity contribution in [3.63, 3.8) is 0 Å². The van der Waals surface area contributed by atoms with Crippen LogP contribution in [0.25, 0.3) is 0 Å². The number of hydrogen-bond acceptors (Lipinski definition) is 4. The molecule has 0 fully saturated rings. The van der Waals surface area contributed by atoms with Crippen molar-refractivity contribution >= 4 is 17.9 Å². The highest BCUT2D eigenvalue weighted by Crippen LogP contribution is 1.92. The number of amides is 3. The molecule has 0 bridgehead atoms. The van der Waals surface area contributed by atoms with E-state index in [0.717, 1.165) is 0 Å². The minimum atomic E-state index is -0.856. The number of nitrogens with one attached hydrogen (secondary N) is 2. The van der Waals surface area contributed by atoms with Gasteiger partial charge in [0.25, 0.3) is 0 Å². The predicted molar refractivity (Wildman–Crippen MR) is 61.6 cm³/mol. The molecule has 17 heavy (non-hydrogen) atoms. The van der Waals surface area contributed by atoms with Crippen LogP contribution in [0.1, 0.15) is 19.8 Å². The van der Waals surface area contributed by atoms with Crippen molar-refractivity contribution in [3.8, 4) is 0 Å². The Morgan fingerprint density at radius 3 is 2.47 bits per heavy atom.